The van der Waals surface area contributed by atoms with Gasteiger partial charge in [-0.1, -0.05) is 37.3 Å². The van der Waals surface area contributed by atoms with Crippen LogP contribution >= 0.6 is 0 Å². The summed E-state index contributed by atoms with van der Waals surface area (Å²) >= 11 is 0. The van der Waals surface area contributed by atoms with E-state index in [4.69, 9.17) is 5.73 Å². The van der Waals surface area contributed by atoms with Crippen LogP contribution in [-0.2, 0) is 11.2 Å². The summed E-state index contributed by atoms with van der Waals surface area (Å²) < 4.78 is 0. The minimum atomic E-state index is -0.457. The highest BCUT2D eigenvalue weighted by atomic mass is 16.2. The molecule has 1 unspecified atom stereocenters. The highest BCUT2D eigenvalue weighted by Gasteiger charge is 2.22. The summed E-state index contributed by atoms with van der Waals surface area (Å²) in [5.41, 5.74) is 7.13. The molecule has 0 aliphatic carbocycles. The fourth-order valence-electron chi connectivity index (χ4n) is 2.89. The molecule has 1 saturated heterocycles. The first kappa shape index (κ1) is 16.0. The number of piperidine rings is 1. The molecule has 1 amide bonds. The molecule has 1 atom stereocenters. The molecule has 21 heavy (non-hydrogen) atoms. The molecule has 0 spiro atoms. The highest BCUT2D eigenvalue weighted by molar-refractivity contribution is 5.82. The molecule has 1 aromatic rings. The minimum absolute atomic E-state index is 0.0206. The van der Waals surface area contributed by atoms with Gasteiger partial charge >= 0.3 is 0 Å². The van der Waals surface area contributed by atoms with Gasteiger partial charge in [-0.25, -0.2) is 0 Å². The lowest BCUT2D eigenvalue weighted by Crippen LogP contribution is -2.50. The number of amides is 1. The number of rotatable bonds is 6. The lowest BCUT2D eigenvalue weighted by Gasteiger charge is -2.32. The van der Waals surface area contributed by atoms with Crippen molar-refractivity contribution in [3.05, 3.63) is 35.9 Å². The average molecular weight is 289 g/mol. The Hall–Kier alpha value is -1.39. The lowest BCUT2D eigenvalue weighted by molar-refractivity contribution is -0.123. The third-order valence-corrected chi connectivity index (χ3v) is 4.11. The summed E-state index contributed by atoms with van der Waals surface area (Å²) in [6.07, 6.45) is 3.86. The molecule has 0 saturated carbocycles. The summed E-state index contributed by atoms with van der Waals surface area (Å²) in [5, 5.41) is 3.11. The zero-order valence-electron chi connectivity index (χ0n) is 12.9. The Balaban J connectivity index is 1.74. The number of nitrogens with two attached hydrogens (primary N) is 1. The standard InChI is InChI=1S/C17H27N3O/c1-2-10-20-11-8-15(9-12-20)19-17(21)16(18)13-14-6-4-3-5-7-14/h3-7,15-16H,2,8-13,18H2,1H3,(H,19,21). The van der Waals surface area contributed by atoms with Gasteiger partial charge in [0.25, 0.3) is 0 Å². The van der Waals surface area contributed by atoms with Crippen LogP contribution in [0.2, 0.25) is 0 Å². The zero-order valence-corrected chi connectivity index (χ0v) is 12.9. The third kappa shape index (κ3) is 5.14. The number of hydrogen-bond acceptors (Lipinski definition) is 3. The molecule has 0 bridgehead atoms. The molecular weight excluding hydrogens is 262 g/mol. The van der Waals surface area contributed by atoms with E-state index in [0.717, 1.165) is 38.0 Å². The predicted molar refractivity (Wildman–Crippen MR) is 86.0 cm³/mol. The van der Waals surface area contributed by atoms with Crippen LogP contribution in [0, 0.1) is 0 Å². The van der Waals surface area contributed by atoms with Crippen LogP contribution in [0.25, 0.3) is 0 Å². The van der Waals surface area contributed by atoms with E-state index in [1.807, 2.05) is 30.3 Å². The van der Waals surface area contributed by atoms with Gasteiger partial charge in [0.2, 0.25) is 5.91 Å². The minimum Gasteiger partial charge on any atom is -0.352 e. The van der Waals surface area contributed by atoms with Crippen LogP contribution in [0.1, 0.15) is 31.7 Å². The fourth-order valence-corrected chi connectivity index (χ4v) is 2.89. The van der Waals surface area contributed by atoms with E-state index >= 15 is 0 Å². The Morgan fingerprint density at radius 3 is 2.62 bits per heavy atom. The molecule has 1 fully saturated rings. The number of nitrogens with one attached hydrogen (secondary N) is 1. The molecule has 1 aliphatic heterocycles. The maximum Gasteiger partial charge on any atom is 0.237 e. The second-order valence-corrected chi connectivity index (χ2v) is 5.92. The largest absolute Gasteiger partial charge is 0.352 e. The van der Waals surface area contributed by atoms with E-state index in [1.165, 1.54) is 6.42 Å². The monoisotopic (exact) mass is 289 g/mol. The molecule has 116 valence electrons. The molecular formula is C17H27N3O. The van der Waals surface area contributed by atoms with E-state index in [1.54, 1.807) is 0 Å². The molecule has 0 radical (unpaired) electrons. The molecule has 3 N–H and O–H groups in total. The van der Waals surface area contributed by atoms with Crippen molar-refractivity contribution in [3.63, 3.8) is 0 Å². The van der Waals surface area contributed by atoms with E-state index in [-0.39, 0.29) is 11.9 Å². The maximum absolute atomic E-state index is 12.2. The number of nitrogens with zero attached hydrogens (tertiary/aromatic N) is 1. The highest BCUT2D eigenvalue weighted by Crippen LogP contribution is 2.11. The van der Waals surface area contributed by atoms with E-state index in [9.17, 15) is 4.79 Å². The van der Waals surface area contributed by atoms with Crippen molar-refractivity contribution in [2.45, 2.75) is 44.7 Å². The van der Waals surface area contributed by atoms with E-state index in [0.29, 0.717) is 6.42 Å². The normalized spacial score (nSPS) is 18.4. The number of carbonyl (C=O) groups excluding carboxylic acids is 1. The Morgan fingerprint density at radius 1 is 1.33 bits per heavy atom. The molecule has 2 rings (SSSR count). The first-order chi connectivity index (χ1) is 10.2. The quantitative estimate of drug-likeness (QED) is 0.835. The summed E-state index contributed by atoms with van der Waals surface area (Å²) in [7, 11) is 0. The number of likely N-dealkylation sites (tertiary alicyclic amines) is 1. The van der Waals surface area contributed by atoms with E-state index in [2.05, 4.69) is 17.1 Å². The smallest absolute Gasteiger partial charge is 0.237 e. The van der Waals surface area contributed by atoms with Gasteiger partial charge in [0, 0.05) is 19.1 Å². The third-order valence-electron chi connectivity index (χ3n) is 4.11. The van der Waals surface area contributed by atoms with Gasteiger partial charge in [-0.2, -0.15) is 0 Å². The van der Waals surface area contributed by atoms with Crippen molar-refractivity contribution in [3.8, 4) is 0 Å². The van der Waals surface area contributed by atoms with Crippen LogP contribution in [0.5, 0.6) is 0 Å². The van der Waals surface area contributed by atoms with Crippen molar-refractivity contribution in [2.24, 2.45) is 5.73 Å². The Morgan fingerprint density at radius 2 is 2.00 bits per heavy atom. The van der Waals surface area contributed by atoms with Gasteiger partial charge in [0.1, 0.15) is 0 Å². The van der Waals surface area contributed by atoms with Gasteiger partial charge in [-0.15, -0.1) is 0 Å². The first-order valence-corrected chi connectivity index (χ1v) is 8.01. The summed E-state index contributed by atoms with van der Waals surface area (Å²) in [5.74, 6) is -0.0206. The van der Waals surface area contributed by atoms with Crippen LogP contribution in [0.4, 0.5) is 0 Å². The average Bonchev–Trinajstić information content (AvgIpc) is 2.50. The van der Waals surface area contributed by atoms with Crippen LogP contribution in [0.3, 0.4) is 0 Å². The van der Waals surface area contributed by atoms with Crippen LogP contribution in [-0.4, -0.2) is 42.5 Å². The molecule has 1 heterocycles. The van der Waals surface area contributed by atoms with Gasteiger partial charge in [0.05, 0.1) is 6.04 Å². The molecule has 1 aliphatic rings. The number of hydrogen-bond donors (Lipinski definition) is 2. The lowest BCUT2D eigenvalue weighted by atomic mass is 10.0. The second-order valence-electron chi connectivity index (χ2n) is 5.92. The van der Waals surface area contributed by atoms with Crippen LogP contribution in [0.15, 0.2) is 30.3 Å². The zero-order chi connectivity index (χ0) is 15.1. The number of benzene rings is 1. The molecule has 4 nitrogen and oxygen atoms in total. The van der Waals surface area contributed by atoms with Crippen LogP contribution < -0.4 is 11.1 Å². The van der Waals surface area contributed by atoms with Crippen molar-refractivity contribution in [2.75, 3.05) is 19.6 Å². The van der Waals surface area contributed by atoms with Gasteiger partial charge in [0.15, 0.2) is 0 Å². The van der Waals surface area contributed by atoms with Crippen molar-refractivity contribution in [1.82, 2.24) is 10.2 Å². The molecule has 4 heteroatoms. The Labute approximate surface area is 127 Å². The first-order valence-electron chi connectivity index (χ1n) is 8.01. The fraction of sp³-hybridized carbons (Fsp3) is 0.588. The second kappa shape index (κ2) is 8.15. The molecule has 1 aromatic carbocycles. The maximum atomic E-state index is 12.2. The van der Waals surface area contributed by atoms with E-state index < -0.39 is 6.04 Å². The van der Waals surface area contributed by atoms with Crippen molar-refractivity contribution < 1.29 is 4.79 Å². The van der Waals surface area contributed by atoms with Gasteiger partial charge < -0.3 is 16.0 Å². The van der Waals surface area contributed by atoms with Crippen molar-refractivity contribution >= 4 is 5.91 Å². The van der Waals surface area contributed by atoms with Crippen molar-refractivity contribution in [1.29, 1.82) is 0 Å². The van der Waals surface area contributed by atoms with Gasteiger partial charge in [-0.3, -0.25) is 4.79 Å². The Kier molecular flexibility index (Phi) is 6.21. The summed E-state index contributed by atoms with van der Waals surface area (Å²) in [6, 6.07) is 9.77. The Bertz CT molecular complexity index is 427. The molecule has 0 aromatic heterocycles. The number of carbonyl (C=O) groups is 1. The van der Waals surface area contributed by atoms with Gasteiger partial charge in [-0.05, 0) is 37.8 Å². The summed E-state index contributed by atoms with van der Waals surface area (Å²) in [6.45, 7) is 5.52. The predicted octanol–water partition coefficient (Wildman–Crippen LogP) is 1.55. The summed E-state index contributed by atoms with van der Waals surface area (Å²) in [4.78, 5) is 14.6. The SMILES string of the molecule is CCCN1CCC(NC(=O)C(N)Cc2ccccc2)CC1. The topological polar surface area (TPSA) is 58.4 Å².